The van der Waals surface area contributed by atoms with Crippen LogP contribution < -0.4 is 5.32 Å². The quantitative estimate of drug-likeness (QED) is 0.509. The predicted molar refractivity (Wildman–Crippen MR) is 113 cm³/mol. The highest BCUT2D eigenvalue weighted by Crippen LogP contribution is 2.37. The second kappa shape index (κ2) is 9.02. The smallest absolute Gasteiger partial charge is 0.294 e. The number of hydrogen-bond donors (Lipinski definition) is 2. The van der Waals surface area contributed by atoms with Gasteiger partial charge in [-0.15, -0.1) is 0 Å². The monoisotopic (exact) mass is 438 g/mol. The van der Waals surface area contributed by atoms with Crippen molar-refractivity contribution in [3.63, 3.8) is 0 Å². The lowest BCUT2D eigenvalue weighted by atomic mass is 9.87. The average molecular weight is 439 g/mol. The van der Waals surface area contributed by atoms with E-state index in [4.69, 9.17) is 10.5 Å². The maximum atomic E-state index is 11.6. The lowest BCUT2D eigenvalue weighted by Crippen LogP contribution is -2.10. The van der Waals surface area contributed by atoms with Crippen molar-refractivity contribution in [1.29, 1.82) is 15.8 Å². The van der Waals surface area contributed by atoms with Gasteiger partial charge in [-0.3, -0.25) is 4.55 Å². The molecule has 0 bridgehead atoms. The normalized spacial score (nSPS) is 11.0. The number of nitrogens with one attached hydrogen (secondary N) is 1. The molecular weight excluding hydrogens is 420 g/mol. The molecule has 2 aromatic rings. The van der Waals surface area contributed by atoms with Crippen LogP contribution in [0.3, 0.4) is 0 Å². The zero-order chi connectivity index (χ0) is 22.5. The van der Waals surface area contributed by atoms with Gasteiger partial charge in [0, 0.05) is 9.79 Å². The Labute approximate surface area is 180 Å². The third-order valence-electron chi connectivity index (χ3n) is 4.04. The number of nitrogens with zero attached hydrogens (tertiary/aromatic N) is 3. The molecule has 0 saturated heterocycles. The molecule has 0 spiro atoms. The van der Waals surface area contributed by atoms with Gasteiger partial charge < -0.3 is 5.32 Å². The molecule has 0 atom stereocenters. The van der Waals surface area contributed by atoms with E-state index in [0.717, 1.165) is 16.5 Å². The van der Waals surface area contributed by atoms with Gasteiger partial charge in [0.2, 0.25) is 0 Å². The summed E-state index contributed by atoms with van der Waals surface area (Å²) in [7, 11) is -4.44. The highest BCUT2D eigenvalue weighted by Gasteiger charge is 2.17. The molecule has 0 unspecified atom stereocenters. The van der Waals surface area contributed by atoms with Gasteiger partial charge in [0.15, 0.2) is 5.57 Å². The number of allylic oxidation sites excluding steroid dienone is 2. The molecule has 0 aliphatic rings. The first-order valence-corrected chi connectivity index (χ1v) is 10.9. The number of hydrogen-bond acceptors (Lipinski definition) is 7. The molecule has 152 valence electrons. The fourth-order valence-electron chi connectivity index (χ4n) is 2.42. The molecule has 2 N–H and O–H groups in total. The van der Waals surface area contributed by atoms with Crippen molar-refractivity contribution in [1.82, 2.24) is 0 Å². The Bertz CT molecular complexity index is 1210. The summed E-state index contributed by atoms with van der Waals surface area (Å²) in [5.41, 5.74) is 0.746. The van der Waals surface area contributed by atoms with E-state index in [1.165, 1.54) is 23.9 Å². The molecule has 0 fully saturated rings. The van der Waals surface area contributed by atoms with Crippen LogP contribution in [0.5, 0.6) is 0 Å². The minimum atomic E-state index is -4.44. The van der Waals surface area contributed by atoms with Crippen molar-refractivity contribution in [2.75, 3.05) is 5.32 Å². The third kappa shape index (κ3) is 5.62. The molecule has 0 amide bonds. The zero-order valence-corrected chi connectivity index (χ0v) is 18.1. The van der Waals surface area contributed by atoms with Crippen molar-refractivity contribution in [2.45, 2.75) is 40.9 Å². The van der Waals surface area contributed by atoms with Crippen molar-refractivity contribution in [3.8, 4) is 18.2 Å². The van der Waals surface area contributed by atoms with Crippen LogP contribution in [-0.4, -0.2) is 13.0 Å². The van der Waals surface area contributed by atoms with Crippen LogP contribution in [0, 0.1) is 34.0 Å². The van der Waals surface area contributed by atoms with Gasteiger partial charge in [0.05, 0.1) is 10.6 Å². The standard InChI is InChI=1S/C21H18N4O3S2/c1-21(2,3)15-4-6-16(7-5-15)29-20-10-17(30(26,27)28)8-9-18(20)25-19(13-24)14(11-22)12-23/h4-10,25H,1-3H3,(H,26,27,28). The topological polar surface area (TPSA) is 138 Å². The second-order valence-corrected chi connectivity index (χ2v) is 9.76. The van der Waals surface area contributed by atoms with Crippen LogP contribution in [0.1, 0.15) is 26.3 Å². The molecule has 0 radical (unpaired) electrons. The average Bonchev–Trinajstić information content (AvgIpc) is 2.68. The summed E-state index contributed by atoms with van der Waals surface area (Å²) in [5, 5.41) is 30.0. The fraction of sp³-hybridized carbons (Fsp3) is 0.190. The molecule has 0 aromatic heterocycles. The summed E-state index contributed by atoms with van der Waals surface area (Å²) in [4.78, 5) is 0.864. The van der Waals surface area contributed by atoms with Crippen LogP contribution >= 0.6 is 11.8 Å². The molecule has 2 aromatic carbocycles. The molecule has 7 nitrogen and oxygen atoms in total. The van der Waals surface area contributed by atoms with Crippen molar-refractivity contribution in [3.05, 3.63) is 59.3 Å². The van der Waals surface area contributed by atoms with Crippen LogP contribution in [0.25, 0.3) is 0 Å². The van der Waals surface area contributed by atoms with Crippen molar-refractivity contribution >= 4 is 27.6 Å². The minimum Gasteiger partial charge on any atom is -0.344 e. The second-order valence-electron chi connectivity index (χ2n) is 7.22. The summed E-state index contributed by atoms with van der Waals surface area (Å²) >= 11 is 1.21. The number of benzene rings is 2. The number of rotatable bonds is 5. The molecule has 2 rings (SSSR count). The van der Waals surface area contributed by atoms with Gasteiger partial charge >= 0.3 is 0 Å². The first-order valence-electron chi connectivity index (χ1n) is 8.61. The van der Waals surface area contributed by atoms with Gasteiger partial charge in [-0.1, -0.05) is 44.7 Å². The molecule has 0 saturated carbocycles. The van der Waals surface area contributed by atoms with Crippen LogP contribution in [0.2, 0.25) is 0 Å². The van der Waals surface area contributed by atoms with E-state index in [2.05, 4.69) is 26.1 Å². The first-order chi connectivity index (χ1) is 14.0. The van der Waals surface area contributed by atoms with Crippen LogP contribution in [0.15, 0.2) is 68.4 Å². The zero-order valence-electron chi connectivity index (χ0n) is 16.5. The van der Waals surface area contributed by atoms with E-state index in [9.17, 15) is 18.2 Å². The SMILES string of the molecule is CC(C)(C)c1ccc(Sc2cc(S(=O)(=O)O)ccc2NC(C#N)=C(C#N)C#N)cc1. The van der Waals surface area contributed by atoms with Gasteiger partial charge in [0.1, 0.15) is 23.9 Å². The Kier molecular flexibility index (Phi) is 6.92. The van der Waals surface area contributed by atoms with Gasteiger partial charge in [-0.25, -0.2) is 0 Å². The first kappa shape index (κ1) is 23.0. The maximum Gasteiger partial charge on any atom is 0.294 e. The van der Waals surface area contributed by atoms with E-state index in [-0.39, 0.29) is 16.0 Å². The lowest BCUT2D eigenvalue weighted by Gasteiger charge is -2.19. The van der Waals surface area contributed by atoms with Crippen LogP contribution in [-0.2, 0) is 15.5 Å². The Morgan fingerprint density at radius 1 is 1.00 bits per heavy atom. The van der Waals surface area contributed by atoms with E-state index in [1.807, 2.05) is 24.3 Å². The van der Waals surface area contributed by atoms with Gasteiger partial charge in [-0.2, -0.15) is 24.2 Å². The highest BCUT2D eigenvalue weighted by molar-refractivity contribution is 7.99. The van der Waals surface area contributed by atoms with Gasteiger partial charge in [0.25, 0.3) is 10.1 Å². The Hall–Kier alpha value is -3.29. The predicted octanol–water partition coefficient (Wildman–Crippen LogP) is 4.62. The fourth-order valence-corrected chi connectivity index (χ4v) is 3.94. The Morgan fingerprint density at radius 3 is 2.07 bits per heavy atom. The highest BCUT2D eigenvalue weighted by atomic mass is 32.2. The molecule has 9 heteroatoms. The van der Waals surface area contributed by atoms with E-state index in [1.54, 1.807) is 18.2 Å². The molecule has 0 aliphatic carbocycles. The Morgan fingerprint density at radius 2 is 1.60 bits per heavy atom. The van der Waals surface area contributed by atoms with Crippen molar-refractivity contribution < 1.29 is 13.0 Å². The molecule has 30 heavy (non-hydrogen) atoms. The summed E-state index contributed by atoms with van der Waals surface area (Å²) in [6.45, 7) is 6.26. The summed E-state index contributed by atoms with van der Waals surface area (Å²) in [6, 6.07) is 16.5. The summed E-state index contributed by atoms with van der Waals surface area (Å²) in [6.07, 6.45) is 0. The molecule has 0 aliphatic heterocycles. The largest absolute Gasteiger partial charge is 0.344 e. The third-order valence-corrected chi connectivity index (χ3v) is 5.96. The van der Waals surface area contributed by atoms with Gasteiger partial charge in [-0.05, 0) is 41.3 Å². The molecular formula is C21H18N4O3S2. The summed E-state index contributed by atoms with van der Waals surface area (Å²) < 4.78 is 32.5. The minimum absolute atomic E-state index is 0.0295. The molecule has 0 heterocycles. The van der Waals surface area contributed by atoms with E-state index in [0.29, 0.717) is 10.6 Å². The lowest BCUT2D eigenvalue weighted by molar-refractivity contribution is 0.483. The van der Waals surface area contributed by atoms with E-state index < -0.39 is 15.7 Å². The maximum absolute atomic E-state index is 11.6. The number of anilines is 1. The summed E-state index contributed by atoms with van der Waals surface area (Å²) in [5.74, 6) is 0. The number of nitriles is 3. The van der Waals surface area contributed by atoms with Crippen molar-refractivity contribution in [2.24, 2.45) is 0 Å². The Balaban J connectivity index is 2.53. The van der Waals surface area contributed by atoms with Crippen LogP contribution in [0.4, 0.5) is 5.69 Å². The van der Waals surface area contributed by atoms with E-state index >= 15 is 0 Å².